The van der Waals surface area contributed by atoms with Crippen molar-refractivity contribution >= 4 is 55.8 Å². The number of thioether (sulfide) groups is 1. The summed E-state index contributed by atoms with van der Waals surface area (Å²) in [5.74, 6) is -0.165. The number of aryl methyl sites for hydroxylation is 1. The molecule has 2 aliphatic heterocycles. The fourth-order valence-corrected chi connectivity index (χ4v) is 5.27. The summed E-state index contributed by atoms with van der Waals surface area (Å²) in [5, 5.41) is 3.74. The van der Waals surface area contributed by atoms with Crippen LogP contribution in [0.5, 0.6) is 0 Å². The van der Waals surface area contributed by atoms with E-state index in [0.29, 0.717) is 32.3 Å². The Balaban J connectivity index is 1.92. The van der Waals surface area contributed by atoms with Crippen molar-refractivity contribution in [3.8, 4) is 0 Å². The number of rotatable bonds is 2. The van der Waals surface area contributed by atoms with Crippen molar-refractivity contribution in [2.75, 3.05) is 5.32 Å². The van der Waals surface area contributed by atoms with Gasteiger partial charge >= 0.3 is 0 Å². The number of alkyl halides is 2. The lowest BCUT2D eigenvalue weighted by atomic mass is 10.0. The lowest BCUT2D eigenvalue weighted by molar-refractivity contribution is -0.114. The molecule has 0 aromatic carbocycles. The zero-order valence-electron chi connectivity index (χ0n) is 13.6. The van der Waals surface area contributed by atoms with Gasteiger partial charge in [0.15, 0.2) is 5.17 Å². The van der Waals surface area contributed by atoms with Gasteiger partial charge in [-0.2, -0.15) is 0 Å². The van der Waals surface area contributed by atoms with Crippen molar-refractivity contribution in [1.29, 1.82) is 0 Å². The fourth-order valence-electron chi connectivity index (χ4n) is 2.88. The first-order valence-corrected chi connectivity index (χ1v) is 9.41. The molecule has 130 valence electrons. The summed E-state index contributed by atoms with van der Waals surface area (Å²) in [6.07, 6.45) is -2.63. The molecule has 1 atom stereocenters. The first-order valence-electron chi connectivity index (χ1n) is 7.71. The number of thiophene rings is 1. The van der Waals surface area contributed by atoms with Crippen LogP contribution in [0, 0.1) is 6.92 Å². The summed E-state index contributed by atoms with van der Waals surface area (Å²) in [6.45, 7) is 5.64. The molecule has 0 radical (unpaired) electrons. The molecule has 0 saturated carbocycles. The second kappa shape index (κ2) is 5.84. The molecule has 25 heavy (non-hydrogen) atoms. The molecule has 1 N–H and O–H groups in total. The van der Waals surface area contributed by atoms with Crippen molar-refractivity contribution in [3.05, 3.63) is 22.2 Å². The number of nitrogens with zero attached hydrogens (tertiary/aromatic N) is 3. The maximum Gasteiger partial charge on any atom is 0.280 e. The average Bonchev–Trinajstić information content (AvgIpc) is 3.08. The lowest BCUT2D eigenvalue weighted by Gasteiger charge is -2.19. The minimum Gasteiger partial charge on any atom is -0.323 e. The molecule has 2 aromatic heterocycles. The molecule has 0 saturated heterocycles. The summed E-state index contributed by atoms with van der Waals surface area (Å²) in [7, 11) is 0. The maximum absolute atomic E-state index is 13.0. The highest BCUT2D eigenvalue weighted by atomic mass is 32.2. The Morgan fingerprint density at radius 1 is 1.36 bits per heavy atom. The Kier molecular flexibility index (Phi) is 3.88. The highest BCUT2D eigenvalue weighted by Crippen LogP contribution is 2.44. The second-order valence-electron chi connectivity index (χ2n) is 6.14. The van der Waals surface area contributed by atoms with Crippen LogP contribution in [0.4, 0.5) is 14.5 Å². The van der Waals surface area contributed by atoms with E-state index < -0.39 is 11.7 Å². The van der Waals surface area contributed by atoms with Gasteiger partial charge in [0.1, 0.15) is 15.8 Å². The van der Waals surface area contributed by atoms with Gasteiger partial charge in [0.05, 0.1) is 16.3 Å². The zero-order chi connectivity index (χ0) is 17.9. The first-order chi connectivity index (χ1) is 11.8. The van der Waals surface area contributed by atoms with Crippen LogP contribution < -0.4 is 5.32 Å². The number of aliphatic imine (C=N–C) groups is 2. The van der Waals surface area contributed by atoms with Crippen LogP contribution in [0.2, 0.25) is 0 Å². The van der Waals surface area contributed by atoms with E-state index in [1.54, 1.807) is 6.92 Å². The molecular formula is C16H14F2N4OS2. The summed E-state index contributed by atoms with van der Waals surface area (Å²) in [6, 6.07) is 1.45. The second-order valence-corrected chi connectivity index (χ2v) is 8.21. The van der Waals surface area contributed by atoms with Crippen LogP contribution in [0.15, 0.2) is 16.1 Å². The lowest BCUT2D eigenvalue weighted by Crippen LogP contribution is -2.35. The van der Waals surface area contributed by atoms with E-state index in [9.17, 15) is 13.6 Å². The van der Waals surface area contributed by atoms with Gasteiger partial charge in [0.2, 0.25) is 5.91 Å². The van der Waals surface area contributed by atoms with Crippen molar-refractivity contribution in [2.24, 2.45) is 9.98 Å². The van der Waals surface area contributed by atoms with E-state index in [1.165, 1.54) is 29.2 Å². The quantitative estimate of drug-likeness (QED) is 0.851. The number of halogens is 2. The average molecular weight is 380 g/mol. The maximum atomic E-state index is 13.0. The monoisotopic (exact) mass is 380 g/mol. The van der Waals surface area contributed by atoms with Gasteiger partial charge in [-0.25, -0.2) is 18.8 Å². The van der Waals surface area contributed by atoms with E-state index in [-0.39, 0.29) is 17.6 Å². The van der Waals surface area contributed by atoms with E-state index in [0.717, 1.165) is 4.88 Å². The number of fused-ring (bicyclic) bond motifs is 5. The van der Waals surface area contributed by atoms with E-state index in [1.807, 2.05) is 13.8 Å². The first kappa shape index (κ1) is 16.6. The Morgan fingerprint density at radius 2 is 2.12 bits per heavy atom. The van der Waals surface area contributed by atoms with Crippen molar-refractivity contribution < 1.29 is 13.6 Å². The minimum absolute atomic E-state index is 0.0782. The molecule has 0 fully saturated rings. The molecule has 0 bridgehead atoms. The number of amides is 1. The highest BCUT2D eigenvalue weighted by Gasteiger charge is 2.41. The third-order valence-electron chi connectivity index (χ3n) is 3.88. The van der Waals surface area contributed by atoms with Gasteiger partial charge in [0, 0.05) is 11.4 Å². The van der Waals surface area contributed by atoms with Crippen LogP contribution in [0.1, 0.15) is 36.4 Å². The number of anilines is 1. The number of amidine groups is 1. The number of hydrogen-bond donors (Lipinski definition) is 1. The molecular weight excluding hydrogens is 366 g/mol. The SMILES string of the molecule is Cc1cc(C(F)F)nc2sc3c(c12)NC(=O)C1SC(=NC(C)C)N=C31. The van der Waals surface area contributed by atoms with Gasteiger partial charge in [-0.05, 0) is 32.4 Å². The van der Waals surface area contributed by atoms with E-state index in [4.69, 9.17) is 0 Å². The topological polar surface area (TPSA) is 66.7 Å². The predicted molar refractivity (Wildman–Crippen MR) is 98.4 cm³/mol. The fraction of sp³-hybridized carbons (Fsp3) is 0.375. The summed E-state index contributed by atoms with van der Waals surface area (Å²) < 4.78 is 26.1. The highest BCUT2D eigenvalue weighted by molar-refractivity contribution is 8.16. The summed E-state index contributed by atoms with van der Waals surface area (Å²) >= 11 is 2.60. The van der Waals surface area contributed by atoms with Crippen LogP contribution in [0.25, 0.3) is 10.2 Å². The van der Waals surface area contributed by atoms with Gasteiger partial charge in [-0.1, -0.05) is 11.8 Å². The molecule has 2 aliphatic rings. The molecule has 2 aromatic rings. The molecule has 0 aliphatic carbocycles. The summed E-state index contributed by atoms with van der Waals surface area (Å²) in [5.41, 5.74) is 1.68. The standard InChI is InChI=1S/C16H14F2N4OS2/c1-5(2)19-16-22-10-11-9(21-14(23)12(10)25-16)8-6(3)4-7(13(17)18)20-15(8)24-11/h4-5,12-13H,1-3H3,(H,21,23). The Bertz CT molecular complexity index is 965. The van der Waals surface area contributed by atoms with Crippen molar-refractivity contribution in [1.82, 2.24) is 4.98 Å². The van der Waals surface area contributed by atoms with Crippen LogP contribution in [-0.2, 0) is 4.79 Å². The number of aromatic nitrogens is 1. The number of carbonyl (C=O) groups excluding carboxylic acids is 1. The van der Waals surface area contributed by atoms with E-state index >= 15 is 0 Å². The number of nitrogens with one attached hydrogen (secondary N) is 1. The van der Waals surface area contributed by atoms with Crippen LogP contribution >= 0.6 is 23.1 Å². The van der Waals surface area contributed by atoms with E-state index in [2.05, 4.69) is 20.3 Å². The van der Waals surface area contributed by atoms with Crippen molar-refractivity contribution in [2.45, 2.75) is 38.5 Å². The zero-order valence-corrected chi connectivity index (χ0v) is 15.3. The largest absolute Gasteiger partial charge is 0.323 e. The van der Waals surface area contributed by atoms with Gasteiger partial charge in [-0.3, -0.25) is 9.79 Å². The van der Waals surface area contributed by atoms with Gasteiger partial charge < -0.3 is 5.32 Å². The number of carbonyl (C=O) groups is 1. The Morgan fingerprint density at radius 3 is 2.80 bits per heavy atom. The summed E-state index contributed by atoms with van der Waals surface area (Å²) in [4.78, 5) is 26.8. The van der Waals surface area contributed by atoms with Crippen LogP contribution in [-0.4, -0.2) is 33.1 Å². The molecule has 5 nitrogen and oxygen atoms in total. The molecule has 0 spiro atoms. The van der Waals surface area contributed by atoms with Gasteiger partial charge in [0.25, 0.3) is 6.43 Å². The Labute approximate surface area is 150 Å². The molecule has 4 rings (SSSR count). The number of hydrogen-bond acceptors (Lipinski definition) is 5. The normalized spacial score (nSPS) is 21.1. The van der Waals surface area contributed by atoms with Gasteiger partial charge in [-0.15, -0.1) is 11.3 Å². The minimum atomic E-state index is -2.63. The van der Waals surface area contributed by atoms with Crippen molar-refractivity contribution in [3.63, 3.8) is 0 Å². The molecule has 9 heteroatoms. The predicted octanol–water partition coefficient (Wildman–Crippen LogP) is 4.16. The number of pyridine rings is 1. The molecule has 1 unspecified atom stereocenters. The smallest absolute Gasteiger partial charge is 0.280 e. The molecule has 1 amide bonds. The molecule has 4 heterocycles. The Hall–Kier alpha value is -1.87. The van der Waals surface area contributed by atoms with Crippen LogP contribution in [0.3, 0.4) is 0 Å². The third kappa shape index (κ3) is 2.65. The third-order valence-corrected chi connectivity index (χ3v) is 6.06.